The Morgan fingerprint density at radius 3 is 2.95 bits per heavy atom. The third-order valence-electron chi connectivity index (χ3n) is 2.80. The largest absolute Gasteiger partial charge is 0.482 e. The number of thiophene rings is 1. The van der Waals surface area contributed by atoms with E-state index in [1.165, 1.54) is 18.2 Å². The van der Waals surface area contributed by atoms with E-state index in [1.807, 2.05) is 17.5 Å². The minimum atomic E-state index is -0.517. The van der Waals surface area contributed by atoms with Gasteiger partial charge in [0.05, 0.1) is 21.0 Å². The highest BCUT2D eigenvalue weighted by Crippen LogP contribution is 2.30. The lowest BCUT2D eigenvalue weighted by Gasteiger charge is -2.05. The maximum atomic E-state index is 10.6. The molecule has 0 spiro atoms. The average molecular weight is 337 g/mol. The molecule has 0 saturated heterocycles. The summed E-state index contributed by atoms with van der Waals surface area (Å²) in [5.41, 5.74) is -0.0894. The van der Waals surface area contributed by atoms with Gasteiger partial charge < -0.3 is 9.15 Å². The number of ether oxygens (including phenoxy) is 1. The fourth-order valence-electron chi connectivity index (χ4n) is 1.77. The van der Waals surface area contributed by atoms with Gasteiger partial charge in [-0.15, -0.1) is 11.3 Å². The van der Waals surface area contributed by atoms with E-state index in [-0.39, 0.29) is 17.3 Å². The van der Waals surface area contributed by atoms with E-state index in [0.29, 0.717) is 17.4 Å². The summed E-state index contributed by atoms with van der Waals surface area (Å²) in [6.45, 7) is 0.0862. The lowest BCUT2D eigenvalue weighted by molar-refractivity contribution is -0.384. The van der Waals surface area contributed by atoms with Crippen LogP contribution in [0.4, 0.5) is 5.69 Å². The van der Waals surface area contributed by atoms with E-state index in [1.54, 1.807) is 17.5 Å². The van der Waals surface area contributed by atoms with Crippen LogP contribution in [-0.2, 0) is 6.61 Å². The minimum absolute atomic E-state index is 0.0862. The van der Waals surface area contributed by atoms with E-state index >= 15 is 0 Å². The summed E-state index contributed by atoms with van der Waals surface area (Å²) >= 11 is 7.50. The lowest BCUT2D eigenvalue weighted by atomic mass is 10.3. The summed E-state index contributed by atoms with van der Waals surface area (Å²) in [5, 5.41) is 12.8. The van der Waals surface area contributed by atoms with Crippen molar-refractivity contribution in [3.05, 3.63) is 62.9 Å². The van der Waals surface area contributed by atoms with Crippen LogP contribution in [0, 0.1) is 10.1 Å². The molecule has 3 aromatic rings. The number of benzene rings is 1. The van der Waals surface area contributed by atoms with Crippen molar-refractivity contribution in [2.45, 2.75) is 6.61 Å². The molecule has 22 heavy (non-hydrogen) atoms. The molecule has 112 valence electrons. The fourth-order valence-corrected chi connectivity index (χ4v) is 2.67. The lowest BCUT2D eigenvalue weighted by Crippen LogP contribution is -1.96. The Kier molecular flexibility index (Phi) is 4.08. The average Bonchev–Trinajstić information content (AvgIpc) is 3.16. The molecular weight excluding hydrogens is 328 g/mol. The molecule has 2 heterocycles. The van der Waals surface area contributed by atoms with Crippen molar-refractivity contribution in [2.24, 2.45) is 0 Å². The first kappa shape index (κ1) is 14.6. The summed E-state index contributed by atoms with van der Waals surface area (Å²) in [6.07, 6.45) is 1.63. The Labute approximate surface area is 134 Å². The number of hydrogen-bond donors (Lipinski definition) is 0. The van der Waals surface area contributed by atoms with Crippen molar-refractivity contribution < 1.29 is 14.1 Å². The second-order valence-electron chi connectivity index (χ2n) is 4.26. The van der Waals surface area contributed by atoms with Crippen LogP contribution in [0.25, 0.3) is 10.6 Å². The smallest absolute Gasteiger partial charge is 0.271 e. The monoisotopic (exact) mass is 336 g/mol. The summed E-state index contributed by atoms with van der Waals surface area (Å²) in [7, 11) is 0. The molecule has 0 amide bonds. The number of nitro groups is 1. The van der Waals surface area contributed by atoms with Crippen molar-refractivity contribution in [3.8, 4) is 16.4 Å². The quantitative estimate of drug-likeness (QED) is 0.504. The maximum absolute atomic E-state index is 10.6. The van der Waals surface area contributed by atoms with Crippen molar-refractivity contribution >= 4 is 28.6 Å². The van der Waals surface area contributed by atoms with E-state index in [0.717, 1.165) is 4.88 Å². The maximum Gasteiger partial charge on any atom is 0.271 e. The topological polar surface area (TPSA) is 78.4 Å². The molecule has 3 rings (SSSR count). The number of non-ortho nitro benzene ring substituents is 1. The van der Waals surface area contributed by atoms with Crippen LogP contribution in [-0.4, -0.2) is 9.91 Å². The van der Waals surface area contributed by atoms with E-state index in [2.05, 4.69) is 4.98 Å². The van der Waals surface area contributed by atoms with Gasteiger partial charge in [-0.25, -0.2) is 4.98 Å². The van der Waals surface area contributed by atoms with Crippen LogP contribution in [0.15, 0.2) is 46.3 Å². The Bertz CT molecular complexity index is 801. The van der Waals surface area contributed by atoms with Gasteiger partial charge in [0.15, 0.2) is 12.4 Å². The van der Waals surface area contributed by atoms with Gasteiger partial charge in [0.25, 0.3) is 5.69 Å². The molecule has 2 aromatic heterocycles. The Morgan fingerprint density at radius 2 is 2.27 bits per heavy atom. The number of halogens is 1. The van der Waals surface area contributed by atoms with Crippen LogP contribution >= 0.6 is 22.9 Å². The number of aromatic nitrogens is 1. The number of rotatable bonds is 5. The molecule has 0 radical (unpaired) electrons. The summed E-state index contributed by atoms with van der Waals surface area (Å²) in [5.74, 6) is 1.41. The van der Waals surface area contributed by atoms with Gasteiger partial charge >= 0.3 is 0 Å². The zero-order valence-electron chi connectivity index (χ0n) is 11.1. The summed E-state index contributed by atoms with van der Waals surface area (Å²) < 4.78 is 11.1. The normalized spacial score (nSPS) is 10.6. The highest BCUT2D eigenvalue weighted by atomic mass is 35.5. The van der Waals surface area contributed by atoms with Crippen LogP contribution < -0.4 is 4.74 Å². The van der Waals surface area contributed by atoms with Crippen LogP contribution in [0.2, 0.25) is 5.02 Å². The highest BCUT2D eigenvalue weighted by Gasteiger charge is 2.12. The molecule has 0 aliphatic heterocycles. The Balaban J connectivity index is 1.69. The highest BCUT2D eigenvalue weighted by molar-refractivity contribution is 7.13. The molecule has 0 atom stereocenters. The zero-order chi connectivity index (χ0) is 15.5. The first-order valence-corrected chi connectivity index (χ1v) is 7.44. The second kappa shape index (κ2) is 6.17. The number of nitro benzene ring substituents is 1. The zero-order valence-corrected chi connectivity index (χ0v) is 12.6. The summed E-state index contributed by atoms with van der Waals surface area (Å²) in [4.78, 5) is 15.2. The van der Waals surface area contributed by atoms with Crippen molar-refractivity contribution in [1.82, 2.24) is 4.98 Å². The number of hydrogen-bond acceptors (Lipinski definition) is 6. The Morgan fingerprint density at radius 1 is 1.41 bits per heavy atom. The molecule has 0 unspecified atom stereocenters. The molecule has 0 aliphatic rings. The molecule has 0 aliphatic carbocycles. The van der Waals surface area contributed by atoms with Crippen LogP contribution in [0.5, 0.6) is 5.75 Å². The van der Waals surface area contributed by atoms with Gasteiger partial charge in [0.1, 0.15) is 5.75 Å². The number of nitrogens with zero attached hydrogens (tertiary/aromatic N) is 2. The molecule has 1 aromatic carbocycles. The van der Waals surface area contributed by atoms with Crippen LogP contribution in [0.3, 0.4) is 0 Å². The molecular formula is C14H9ClN2O4S. The third kappa shape index (κ3) is 3.10. The number of oxazole rings is 1. The van der Waals surface area contributed by atoms with Gasteiger partial charge in [0.2, 0.25) is 5.89 Å². The molecule has 0 saturated carbocycles. The molecule has 8 heteroatoms. The second-order valence-corrected chi connectivity index (χ2v) is 5.61. The van der Waals surface area contributed by atoms with Gasteiger partial charge in [0, 0.05) is 12.1 Å². The van der Waals surface area contributed by atoms with Crippen molar-refractivity contribution in [3.63, 3.8) is 0 Å². The van der Waals surface area contributed by atoms with E-state index in [4.69, 9.17) is 20.8 Å². The fraction of sp³-hybridized carbons (Fsp3) is 0.0714. The molecule has 6 nitrogen and oxygen atoms in total. The molecule has 0 bridgehead atoms. The predicted octanol–water partition coefficient (Wildman–Crippen LogP) is 4.54. The SMILES string of the molecule is O=[N+]([O-])c1ccc(OCc2ncc(-c3cccs3)o2)c(Cl)c1. The van der Waals surface area contributed by atoms with Crippen molar-refractivity contribution in [2.75, 3.05) is 0 Å². The summed E-state index contributed by atoms with van der Waals surface area (Å²) in [6, 6.07) is 7.87. The first-order chi connectivity index (χ1) is 10.6. The van der Waals surface area contributed by atoms with E-state index < -0.39 is 4.92 Å². The first-order valence-electron chi connectivity index (χ1n) is 6.19. The van der Waals surface area contributed by atoms with Gasteiger partial charge in [-0.2, -0.15) is 0 Å². The van der Waals surface area contributed by atoms with Gasteiger partial charge in [-0.3, -0.25) is 10.1 Å². The van der Waals surface area contributed by atoms with Gasteiger partial charge in [-0.05, 0) is 17.5 Å². The predicted molar refractivity (Wildman–Crippen MR) is 82.3 cm³/mol. The standard InChI is InChI=1S/C14H9ClN2O4S/c15-10-6-9(17(18)19)3-4-11(10)20-8-14-16-7-12(21-14)13-2-1-5-22-13/h1-7H,8H2. The van der Waals surface area contributed by atoms with Crippen molar-refractivity contribution in [1.29, 1.82) is 0 Å². The van der Waals surface area contributed by atoms with E-state index in [9.17, 15) is 10.1 Å². The third-order valence-corrected chi connectivity index (χ3v) is 3.97. The van der Waals surface area contributed by atoms with Gasteiger partial charge in [-0.1, -0.05) is 17.7 Å². The molecule has 0 N–H and O–H groups in total. The van der Waals surface area contributed by atoms with Crippen LogP contribution in [0.1, 0.15) is 5.89 Å². The minimum Gasteiger partial charge on any atom is -0.482 e. The molecule has 0 fully saturated rings. The Hall–Kier alpha value is -2.38.